The number of hydrogen-bond donors (Lipinski definition) is 2. The van der Waals surface area contributed by atoms with Crippen LogP contribution in [0.2, 0.25) is 0 Å². The molecule has 0 radical (unpaired) electrons. The number of thiazole rings is 1. The van der Waals surface area contributed by atoms with E-state index >= 15 is 0 Å². The van der Waals surface area contributed by atoms with Gasteiger partial charge in [-0.05, 0) is 19.3 Å². The largest absolute Gasteiger partial charge is 0.375 e. The van der Waals surface area contributed by atoms with Crippen molar-refractivity contribution in [2.75, 3.05) is 18.8 Å². The van der Waals surface area contributed by atoms with E-state index < -0.39 is 0 Å². The van der Waals surface area contributed by atoms with Crippen molar-refractivity contribution in [1.82, 2.24) is 15.2 Å². The van der Waals surface area contributed by atoms with E-state index in [0.717, 1.165) is 25.0 Å². The molecule has 2 heterocycles. The minimum Gasteiger partial charge on any atom is -0.375 e. The number of anilines is 1. The number of carbonyl (C=O) groups excluding carboxylic acids is 2. The Morgan fingerprint density at radius 1 is 1.48 bits per heavy atom. The molecule has 1 saturated heterocycles. The van der Waals surface area contributed by atoms with Crippen LogP contribution in [0.25, 0.3) is 0 Å². The van der Waals surface area contributed by atoms with Crippen LogP contribution >= 0.6 is 11.3 Å². The zero-order chi connectivity index (χ0) is 15.2. The van der Waals surface area contributed by atoms with E-state index in [1.54, 1.807) is 0 Å². The topological polar surface area (TPSA) is 88.3 Å². The summed E-state index contributed by atoms with van der Waals surface area (Å²) in [6.45, 7) is 3.37. The Hall–Kier alpha value is -1.63. The van der Waals surface area contributed by atoms with E-state index in [4.69, 9.17) is 5.73 Å². The van der Waals surface area contributed by atoms with Crippen molar-refractivity contribution in [1.29, 1.82) is 0 Å². The first-order chi connectivity index (χ1) is 10.1. The molecule has 0 atom stereocenters. The smallest absolute Gasteiger partial charge is 0.228 e. The summed E-state index contributed by atoms with van der Waals surface area (Å²) in [5, 5.41) is 5.35. The number of nitrogens with zero attached hydrogens (tertiary/aromatic N) is 2. The summed E-state index contributed by atoms with van der Waals surface area (Å²) < 4.78 is 0. The van der Waals surface area contributed by atoms with Gasteiger partial charge in [0, 0.05) is 30.9 Å². The van der Waals surface area contributed by atoms with Gasteiger partial charge in [-0.25, -0.2) is 4.98 Å². The maximum Gasteiger partial charge on any atom is 0.228 e. The van der Waals surface area contributed by atoms with Gasteiger partial charge < -0.3 is 16.0 Å². The minimum absolute atomic E-state index is 0.0821. The van der Waals surface area contributed by atoms with Crippen molar-refractivity contribution in [2.45, 2.75) is 45.1 Å². The molecular formula is C14H22N4O2S. The van der Waals surface area contributed by atoms with Crippen molar-refractivity contribution < 1.29 is 9.59 Å². The Morgan fingerprint density at radius 3 is 2.76 bits per heavy atom. The van der Waals surface area contributed by atoms with E-state index in [9.17, 15) is 9.59 Å². The van der Waals surface area contributed by atoms with E-state index in [2.05, 4.69) is 10.3 Å². The Morgan fingerprint density at radius 2 is 2.19 bits per heavy atom. The van der Waals surface area contributed by atoms with Gasteiger partial charge in [-0.15, -0.1) is 11.3 Å². The highest BCUT2D eigenvalue weighted by atomic mass is 32.1. The number of nitrogen functional groups attached to an aromatic ring is 1. The van der Waals surface area contributed by atoms with Crippen molar-refractivity contribution in [3.63, 3.8) is 0 Å². The van der Waals surface area contributed by atoms with Gasteiger partial charge >= 0.3 is 0 Å². The molecule has 1 aromatic heterocycles. The Balaban J connectivity index is 1.75. The molecule has 6 nitrogen and oxygen atoms in total. The van der Waals surface area contributed by atoms with Gasteiger partial charge in [0.05, 0.1) is 12.1 Å². The molecule has 0 spiro atoms. The lowest BCUT2D eigenvalue weighted by Crippen LogP contribution is -2.46. The van der Waals surface area contributed by atoms with Crippen LogP contribution in [0.1, 0.15) is 38.3 Å². The van der Waals surface area contributed by atoms with Gasteiger partial charge in [0.2, 0.25) is 11.8 Å². The molecular weight excluding hydrogens is 288 g/mol. The molecule has 0 saturated carbocycles. The van der Waals surface area contributed by atoms with Crippen LogP contribution in [0.5, 0.6) is 0 Å². The Bertz CT molecular complexity index is 495. The fraction of sp³-hybridized carbons (Fsp3) is 0.643. The first-order valence-electron chi connectivity index (χ1n) is 7.35. The molecule has 1 fully saturated rings. The molecule has 0 aliphatic carbocycles. The summed E-state index contributed by atoms with van der Waals surface area (Å²) in [6, 6.07) is 0.197. The van der Waals surface area contributed by atoms with Crippen LogP contribution in [0.15, 0.2) is 5.38 Å². The minimum atomic E-state index is 0.0821. The second-order valence-electron chi connectivity index (χ2n) is 5.33. The fourth-order valence-electron chi connectivity index (χ4n) is 2.47. The average Bonchev–Trinajstić information content (AvgIpc) is 2.85. The highest BCUT2D eigenvalue weighted by molar-refractivity contribution is 7.13. The van der Waals surface area contributed by atoms with Gasteiger partial charge in [-0.3, -0.25) is 9.59 Å². The van der Waals surface area contributed by atoms with Crippen LogP contribution < -0.4 is 11.1 Å². The van der Waals surface area contributed by atoms with Gasteiger partial charge in [-0.1, -0.05) is 6.92 Å². The standard InChI is InChI=1S/C14H22N4O2S/c1-2-3-12(19)16-10-4-6-18(7-5-10)13(20)8-11-9-21-14(15)17-11/h9-10H,2-8H2,1H3,(H2,15,17)(H,16,19). The van der Waals surface area contributed by atoms with Gasteiger partial charge in [0.15, 0.2) is 5.13 Å². The maximum absolute atomic E-state index is 12.2. The van der Waals surface area contributed by atoms with Crippen LogP contribution in [-0.4, -0.2) is 40.8 Å². The van der Waals surface area contributed by atoms with Gasteiger partial charge in [-0.2, -0.15) is 0 Å². The normalized spacial score (nSPS) is 16.0. The summed E-state index contributed by atoms with van der Waals surface area (Å²) in [5.41, 5.74) is 6.30. The zero-order valence-corrected chi connectivity index (χ0v) is 13.1. The monoisotopic (exact) mass is 310 g/mol. The van der Waals surface area contributed by atoms with E-state index in [-0.39, 0.29) is 17.9 Å². The molecule has 1 aliphatic heterocycles. The lowest BCUT2D eigenvalue weighted by molar-refractivity contribution is -0.131. The van der Waals surface area contributed by atoms with Crippen LogP contribution in [0, 0.1) is 0 Å². The third kappa shape index (κ3) is 4.70. The zero-order valence-electron chi connectivity index (χ0n) is 12.3. The number of nitrogens with two attached hydrogens (primary N) is 1. The molecule has 1 aliphatic rings. The van der Waals surface area contributed by atoms with E-state index in [0.29, 0.717) is 31.1 Å². The molecule has 0 aromatic carbocycles. The fourth-order valence-corrected chi connectivity index (χ4v) is 3.03. The second-order valence-corrected chi connectivity index (χ2v) is 6.22. The van der Waals surface area contributed by atoms with E-state index in [1.165, 1.54) is 11.3 Å². The first-order valence-corrected chi connectivity index (χ1v) is 8.23. The number of hydrogen-bond acceptors (Lipinski definition) is 5. The number of piperidine rings is 1. The Kier molecular flexibility index (Phi) is 5.55. The molecule has 2 rings (SSSR count). The Labute approximate surface area is 128 Å². The number of likely N-dealkylation sites (tertiary alicyclic amines) is 1. The highest BCUT2D eigenvalue weighted by Crippen LogP contribution is 2.15. The van der Waals surface area contributed by atoms with Crippen LogP contribution in [-0.2, 0) is 16.0 Å². The van der Waals surface area contributed by atoms with E-state index in [1.807, 2.05) is 17.2 Å². The molecule has 116 valence electrons. The molecule has 2 amide bonds. The average molecular weight is 310 g/mol. The lowest BCUT2D eigenvalue weighted by Gasteiger charge is -2.32. The second kappa shape index (κ2) is 7.40. The molecule has 0 bridgehead atoms. The molecule has 0 unspecified atom stereocenters. The number of aromatic nitrogens is 1. The summed E-state index contributed by atoms with van der Waals surface area (Å²) in [5.74, 6) is 0.193. The van der Waals surface area contributed by atoms with Gasteiger partial charge in [0.25, 0.3) is 0 Å². The van der Waals surface area contributed by atoms with Crippen LogP contribution in [0.4, 0.5) is 5.13 Å². The number of carbonyl (C=O) groups is 2. The van der Waals surface area contributed by atoms with Crippen molar-refractivity contribution in [3.05, 3.63) is 11.1 Å². The molecule has 7 heteroatoms. The highest BCUT2D eigenvalue weighted by Gasteiger charge is 2.24. The van der Waals surface area contributed by atoms with Crippen molar-refractivity contribution >= 4 is 28.3 Å². The predicted molar refractivity (Wildman–Crippen MR) is 82.9 cm³/mol. The number of rotatable bonds is 5. The maximum atomic E-state index is 12.2. The summed E-state index contributed by atoms with van der Waals surface area (Å²) in [7, 11) is 0. The number of nitrogens with one attached hydrogen (secondary N) is 1. The van der Waals surface area contributed by atoms with Gasteiger partial charge in [0.1, 0.15) is 0 Å². The summed E-state index contributed by atoms with van der Waals surface area (Å²) >= 11 is 1.35. The third-order valence-electron chi connectivity index (χ3n) is 3.59. The summed E-state index contributed by atoms with van der Waals surface area (Å²) in [6.07, 6.45) is 3.38. The SMILES string of the molecule is CCCC(=O)NC1CCN(C(=O)Cc2csc(N)n2)CC1. The van der Waals surface area contributed by atoms with Crippen molar-refractivity contribution in [3.8, 4) is 0 Å². The summed E-state index contributed by atoms with van der Waals surface area (Å²) in [4.78, 5) is 29.7. The quantitative estimate of drug-likeness (QED) is 0.854. The molecule has 3 N–H and O–H groups in total. The predicted octanol–water partition coefficient (Wildman–Crippen LogP) is 1.18. The number of amides is 2. The molecule has 1 aromatic rings. The van der Waals surface area contributed by atoms with Crippen molar-refractivity contribution in [2.24, 2.45) is 0 Å². The molecule has 21 heavy (non-hydrogen) atoms. The van der Waals surface area contributed by atoms with Crippen LogP contribution in [0.3, 0.4) is 0 Å². The first kappa shape index (κ1) is 15.8. The third-order valence-corrected chi connectivity index (χ3v) is 4.31. The lowest BCUT2D eigenvalue weighted by atomic mass is 10.0.